The molecule has 0 saturated heterocycles. The second-order valence-corrected chi connectivity index (χ2v) is 5.80. The van der Waals surface area contributed by atoms with Crippen LogP contribution in [0.5, 0.6) is 0 Å². The number of nitriles is 1. The highest BCUT2D eigenvalue weighted by Gasteiger charge is 2.56. The Bertz CT molecular complexity index is 481. The van der Waals surface area contributed by atoms with E-state index in [0.717, 1.165) is 5.56 Å². The number of nitrogens with zero attached hydrogens (tertiary/aromatic N) is 1. The molecule has 1 aliphatic carbocycles. The Morgan fingerprint density at radius 3 is 2.29 bits per heavy atom. The second kappa shape index (κ2) is 4.04. The number of benzene rings is 1. The first-order valence-corrected chi connectivity index (χ1v) is 6.12. The van der Waals surface area contributed by atoms with Gasteiger partial charge in [0, 0.05) is 0 Å². The topological polar surface area (TPSA) is 23.8 Å². The van der Waals surface area contributed by atoms with Gasteiger partial charge in [-0.1, -0.05) is 37.6 Å². The molecule has 0 N–H and O–H groups in total. The predicted octanol–water partition coefficient (Wildman–Crippen LogP) is 4.26. The van der Waals surface area contributed by atoms with Crippen LogP contribution in [0.1, 0.15) is 44.7 Å². The van der Waals surface area contributed by atoms with Crippen LogP contribution in [0.3, 0.4) is 0 Å². The minimum absolute atomic E-state index is 0.353. The van der Waals surface area contributed by atoms with Gasteiger partial charge in [-0.2, -0.15) is 5.26 Å². The minimum atomic E-state index is 0.353. The molecule has 1 nitrogen and oxygen atoms in total. The summed E-state index contributed by atoms with van der Waals surface area (Å²) in [7, 11) is 0. The normalized spacial score (nSPS) is 24.9. The number of hydrogen-bond acceptors (Lipinski definition) is 1. The maximum atomic E-state index is 8.80. The van der Waals surface area contributed by atoms with Crippen LogP contribution in [0.15, 0.2) is 35.9 Å². The van der Waals surface area contributed by atoms with Gasteiger partial charge in [-0.15, -0.1) is 0 Å². The third-order valence-electron chi connectivity index (χ3n) is 3.82. The number of rotatable bonds is 2. The summed E-state index contributed by atoms with van der Waals surface area (Å²) >= 11 is 0. The van der Waals surface area contributed by atoms with Crippen LogP contribution in [0.25, 0.3) is 0 Å². The van der Waals surface area contributed by atoms with Crippen LogP contribution in [-0.4, -0.2) is 0 Å². The zero-order chi connectivity index (χ0) is 12.6. The van der Waals surface area contributed by atoms with E-state index in [1.165, 1.54) is 11.1 Å². The molecular weight excluding hydrogens is 206 g/mol. The highest BCUT2D eigenvalue weighted by Crippen LogP contribution is 2.65. The Morgan fingerprint density at radius 1 is 1.24 bits per heavy atom. The van der Waals surface area contributed by atoms with Gasteiger partial charge in [0.1, 0.15) is 0 Å². The van der Waals surface area contributed by atoms with Gasteiger partial charge < -0.3 is 0 Å². The van der Waals surface area contributed by atoms with Crippen molar-refractivity contribution in [2.45, 2.75) is 33.6 Å². The molecule has 1 aliphatic rings. The summed E-state index contributed by atoms with van der Waals surface area (Å²) in [5, 5.41) is 8.80. The van der Waals surface area contributed by atoms with Gasteiger partial charge >= 0.3 is 0 Å². The van der Waals surface area contributed by atoms with Crippen LogP contribution >= 0.6 is 0 Å². The Hall–Kier alpha value is -1.55. The molecule has 2 rings (SSSR count). The van der Waals surface area contributed by atoms with Crippen molar-refractivity contribution in [3.05, 3.63) is 47.0 Å². The van der Waals surface area contributed by atoms with E-state index in [1.54, 1.807) is 0 Å². The average Bonchev–Trinajstić information content (AvgIpc) is 2.80. The van der Waals surface area contributed by atoms with Gasteiger partial charge in [0.2, 0.25) is 0 Å². The van der Waals surface area contributed by atoms with Crippen molar-refractivity contribution in [2.75, 3.05) is 0 Å². The first-order chi connectivity index (χ1) is 7.96. The Balaban J connectivity index is 2.24. The molecule has 0 heterocycles. The lowest BCUT2D eigenvalue weighted by atomic mass is 10.0. The molecule has 0 unspecified atom stereocenters. The Labute approximate surface area is 104 Å². The summed E-state index contributed by atoms with van der Waals surface area (Å²) in [6.45, 7) is 8.95. The van der Waals surface area contributed by atoms with Crippen molar-refractivity contribution in [2.24, 2.45) is 11.3 Å². The number of hydrogen-bond donors (Lipinski definition) is 0. The van der Waals surface area contributed by atoms with E-state index in [9.17, 15) is 0 Å². The SMILES string of the molecule is CC(C)=C[C@@H]1[C@@H](c2ccc(C#N)cc2)C1(C)C. The van der Waals surface area contributed by atoms with Crippen molar-refractivity contribution in [3.63, 3.8) is 0 Å². The molecule has 1 fully saturated rings. The van der Waals surface area contributed by atoms with E-state index in [4.69, 9.17) is 5.26 Å². The summed E-state index contributed by atoms with van der Waals surface area (Å²) in [5.74, 6) is 1.24. The Morgan fingerprint density at radius 2 is 1.82 bits per heavy atom. The fourth-order valence-corrected chi connectivity index (χ4v) is 2.75. The van der Waals surface area contributed by atoms with Crippen LogP contribution in [0.4, 0.5) is 0 Å². The third-order valence-corrected chi connectivity index (χ3v) is 3.82. The second-order valence-electron chi connectivity index (χ2n) is 5.80. The zero-order valence-corrected chi connectivity index (χ0v) is 11.0. The van der Waals surface area contributed by atoms with Gasteiger partial charge in [0.25, 0.3) is 0 Å². The minimum Gasteiger partial charge on any atom is -0.192 e. The van der Waals surface area contributed by atoms with Crippen molar-refractivity contribution in [1.82, 2.24) is 0 Å². The first kappa shape index (κ1) is 11.9. The summed E-state index contributed by atoms with van der Waals surface area (Å²) in [6.07, 6.45) is 2.38. The lowest BCUT2D eigenvalue weighted by Gasteiger charge is -2.02. The quantitative estimate of drug-likeness (QED) is 0.690. The smallest absolute Gasteiger partial charge is 0.0991 e. The molecular formula is C16H19N. The lowest BCUT2D eigenvalue weighted by Crippen LogP contribution is -1.90. The molecule has 0 bridgehead atoms. The van der Waals surface area contributed by atoms with Gasteiger partial charge in [0.15, 0.2) is 0 Å². The van der Waals surface area contributed by atoms with Gasteiger partial charge in [-0.25, -0.2) is 0 Å². The molecule has 1 aromatic carbocycles. The predicted molar refractivity (Wildman–Crippen MR) is 70.6 cm³/mol. The summed E-state index contributed by atoms with van der Waals surface area (Å²) in [6, 6.07) is 10.2. The molecule has 1 aromatic rings. The summed E-state index contributed by atoms with van der Waals surface area (Å²) in [5.41, 5.74) is 3.84. The van der Waals surface area contributed by atoms with E-state index >= 15 is 0 Å². The van der Waals surface area contributed by atoms with Crippen molar-refractivity contribution in [3.8, 4) is 6.07 Å². The van der Waals surface area contributed by atoms with E-state index in [-0.39, 0.29) is 0 Å². The van der Waals surface area contributed by atoms with E-state index < -0.39 is 0 Å². The largest absolute Gasteiger partial charge is 0.192 e. The van der Waals surface area contributed by atoms with Crippen LogP contribution < -0.4 is 0 Å². The molecule has 0 radical (unpaired) electrons. The average molecular weight is 225 g/mol. The standard InChI is InChI=1S/C16H19N/c1-11(2)9-14-15(16(14,3)4)13-7-5-12(10-17)6-8-13/h5-9,14-15H,1-4H3/t14-,15-/m1/s1. The molecule has 0 spiro atoms. The molecule has 2 atom stereocenters. The van der Waals surface area contributed by atoms with Crippen molar-refractivity contribution in [1.29, 1.82) is 5.26 Å². The lowest BCUT2D eigenvalue weighted by molar-refractivity contribution is 0.592. The number of allylic oxidation sites excluding steroid dienone is 2. The molecule has 1 heteroatoms. The first-order valence-electron chi connectivity index (χ1n) is 6.12. The van der Waals surface area contributed by atoms with E-state index in [0.29, 0.717) is 17.3 Å². The fourth-order valence-electron chi connectivity index (χ4n) is 2.75. The molecule has 0 amide bonds. The molecule has 0 aromatic heterocycles. The van der Waals surface area contributed by atoms with Crippen LogP contribution in [0.2, 0.25) is 0 Å². The van der Waals surface area contributed by atoms with Gasteiger partial charge in [-0.05, 0) is 48.8 Å². The van der Waals surface area contributed by atoms with E-state index in [2.05, 4.69) is 52.0 Å². The summed E-state index contributed by atoms with van der Waals surface area (Å²) in [4.78, 5) is 0. The molecule has 0 aliphatic heterocycles. The van der Waals surface area contributed by atoms with Gasteiger partial charge in [0.05, 0.1) is 11.6 Å². The molecule has 88 valence electrons. The van der Waals surface area contributed by atoms with Crippen LogP contribution in [0, 0.1) is 22.7 Å². The van der Waals surface area contributed by atoms with Crippen molar-refractivity contribution >= 4 is 0 Å². The molecule has 17 heavy (non-hydrogen) atoms. The monoisotopic (exact) mass is 225 g/mol. The Kier molecular flexibility index (Phi) is 2.83. The third kappa shape index (κ3) is 2.13. The van der Waals surface area contributed by atoms with Crippen molar-refractivity contribution < 1.29 is 0 Å². The summed E-state index contributed by atoms with van der Waals surface area (Å²) < 4.78 is 0. The van der Waals surface area contributed by atoms with Gasteiger partial charge in [-0.3, -0.25) is 0 Å². The molecule has 1 saturated carbocycles. The zero-order valence-electron chi connectivity index (χ0n) is 11.0. The highest BCUT2D eigenvalue weighted by atomic mass is 14.6. The maximum absolute atomic E-state index is 8.80. The highest BCUT2D eigenvalue weighted by molar-refractivity contribution is 5.39. The van der Waals surface area contributed by atoms with E-state index in [1.807, 2.05) is 12.1 Å². The fraction of sp³-hybridized carbons (Fsp3) is 0.438. The van der Waals surface area contributed by atoms with Crippen LogP contribution in [-0.2, 0) is 0 Å². The maximum Gasteiger partial charge on any atom is 0.0991 e.